The minimum absolute atomic E-state index is 0.115. The number of hydrogen-bond donors (Lipinski definition) is 1. The van der Waals surface area contributed by atoms with Crippen LogP contribution in [0.15, 0.2) is 89.0 Å². The monoisotopic (exact) mass is 491 g/mol. The Labute approximate surface area is 202 Å². The number of carbonyl (C=O) groups excluding carboxylic acids is 2. The van der Waals surface area contributed by atoms with Gasteiger partial charge in [-0.1, -0.05) is 41.6 Å². The first-order valence-corrected chi connectivity index (χ1v) is 11.2. The maximum atomic E-state index is 13.7. The van der Waals surface area contributed by atoms with E-state index in [-0.39, 0.29) is 16.6 Å². The number of nitro groups is 1. The number of thioether (sulfide) groups is 1. The molecule has 1 fully saturated rings. The van der Waals surface area contributed by atoms with Crippen molar-refractivity contribution in [2.45, 2.75) is 4.75 Å². The molecule has 5 rings (SSSR count). The number of hydrogen-bond acceptors (Lipinski definition) is 7. The molecule has 0 aliphatic carbocycles. The fourth-order valence-corrected chi connectivity index (χ4v) is 4.88. The SMILES string of the molecule is O=C1NC(=Nc2ccc(Cl)cc2)SC12C(=O)N(c1ccccc1)N=C2c1ccc([N+](=O)[O-])cc1. The minimum atomic E-state index is -1.74. The highest BCUT2D eigenvalue weighted by atomic mass is 35.5. The van der Waals surface area contributed by atoms with E-state index in [1.54, 1.807) is 54.6 Å². The van der Waals surface area contributed by atoms with Crippen molar-refractivity contribution in [1.29, 1.82) is 0 Å². The zero-order valence-corrected chi connectivity index (χ0v) is 18.8. The van der Waals surface area contributed by atoms with Gasteiger partial charge in [-0.2, -0.15) is 10.1 Å². The Kier molecular flexibility index (Phi) is 5.39. The lowest BCUT2D eigenvalue weighted by molar-refractivity contribution is -0.384. The molecule has 0 bridgehead atoms. The lowest BCUT2D eigenvalue weighted by Crippen LogP contribution is -2.50. The molecule has 168 valence electrons. The topological polar surface area (TPSA) is 117 Å². The third kappa shape index (κ3) is 3.62. The van der Waals surface area contributed by atoms with Gasteiger partial charge in [0.1, 0.15) is 5.71 Å². The average molecular weight is 492 g/mol. The van der Waals surface area contributed by atoms with Crippen LogP contribution in [0, 0.1) is 10.1 Å². The molecule has 34 heavy (non-hydrogen) atoms. The number of aliphatic imine (C=N–C) groups is 1. The van der Waals surface area contributed by atoms with E-state index < -0.39 is 21.5 Å². The van der Waals surface area contributed by atoms with Gasteiger partial charge in [0.2, 0.25) is 4.75 Å². The third-order valence-corrected chi connectivity index (χ3v) is 6.72. The van der Waals surface area contributed by atoms with Crippen LogP contribution in [0.1, 0.15) is 5.56 Å². The van der Waals surface area contributed by atoms with Gasteiger partial charge in [-0.15, -0.1) is 0 Å². The summed E-state index contributed by atoms with van der Waals surface area (Å²) in [6.07, 6.45) is 0. The smallest absolute Gasteiger partial charge is 0.280 e. The van der Waals surface area contributed by atoms with Crippen LogP contribution in [-0.2, 0) is 9.59 Å². The van der Waals surface area contributed by atoms with Crippen molar-refractivity contribution in [3.63, 3.8) is 0 Å². The number of nitro benzene ring substituents is 1. The number of amidine groups is 1. The molecule has 0 saturated carbocycles. The first-order chi connectivity index (χ1) is 16.4. The van der Waals surface area contributed by atoms with Gasteiger partial charge in [0, 0.05) is 22.7 Å². The van der Waals surface area contributed by atoms with Crippen LogP contribution >= 0.6 is 23.4 Å². The van der Waals surface area contributed by atoms with E-state index >= 15 is 0 Å². The summed E-state index contributed by atoms with van der Waals surface area (Å²) < 4.78 is -1.74. The summed E-state index contributed by atoms with van der Waals surface area (Å²) in [4.78, 5) is 42.0. The van der Waals surface area contributed by atoms with Crippen molar-refractivity contribution in [2.24, 2.45) is 10.1 Å². The number of halogens is 1. The maximum absolute atomic E-state index is 13.7. The zero-order chi connectivity index (χ0) is 23.9. The number of non-ortho nitro benzene ring substituents is 1. The van der Waals surface area contributed by atoms with Gasteiger partial charge < -0.3 is 5.32 Å². The molecule has 2 aliphatic rings. The van der Waals surface area contributed by atoms with E-state index in [4.69, 9.17) is 11.6 Å². The van der Waals surface area contributed by atoms with Gasteiger partial charge in [0.15, 0.2) is 5.17 Å². The minimum Gasteiger partial charge on any atom is -0.303 e. The number of anilines is 1. The number of nitrogens with zero attached hydrogens (tertiary/aromatic N) is 4. The predicted molar refractivity (Wildman–Crippen MR) is 131 cm³/mol. The van der Waals surface area contributed by atoms with Crippen molar-refractivity contribution in [3.05, 3.63) is 99.6 Å². The number of hydrazone groups is 1. The molecule has 1 unspecified atom stereocenters. The van der Waals surface area contributed by atoms with Crippen LogP contribution in [0.3, 0.4) is 0 Å². The van der Waals surface area contributed by atoms with Crippen LogP contribution in [-0.4, -0.2) is 32.4 Å². The first kappa shape index (κ1) is 21.8. The van der Waals surface area contributed by atoms with Crippen molar-refractivity contribution in [3.8, 4) is 0 Å². The lowest BCUT2D eigenvalue weighted by atomic mass is 9.94. The van der Waals surface area contributed by atoms with Gasteiger partial charge in [-0.25, -0.2) is 4.99 Å². The molecule has 2 heterocycles. The largest absolute Gasteiger partial charge is 0.303 e. The number of amides is 2. The number of para-hydroxylation sites is 1. The second-order valence-electron chi connectivity index (χ2n) is 7.34. The van der Waals surface area contributed by atoms with Gasteiger partial charge in [-0.05, 0) is 48.5 Å². The molecule has 1 spiro atoms. The third-order valence-electron chi connectivity index (χ3n) is 5.23. The summed E-state index contributed by atoms with van der Waals surface area (Å²) in [7, 11) is 0. The molecular formula is C23H14ClN5O4S. The van der Waals surface area contributed by atoms with Crippen molar-refractivity contribution < 1.29 is 14.5 Å². The molecule has 11 heteroatoms. The molecule has 0 radical (unpaired) electrons. The molecule has 1 atom stereocenters. The number of carbonyl (C=O) groups is 2. The summed E-state index contributed by atoms with van der Waals surface area (Å²) in [6, 6.07) is 21.0. The molecule has 9 nitrogen and oxygen atoms in total. The van der Waals surface area contributed by atoms with E-state index in [2.05, 4.69) is 15.4 Å². The van der Waals surface area contributed by atoms with E-state index in [9.17, 15) is 19.7 Å². The summed E-state index contributed by atoms with van der Waals surface area (Å²) in [5, 5.41) is 20.2. The standard InChI is InChI=1S/C23H14ClN5O4S/c24-15-8-10-16(11-9-15)25-22-26-20(30)23(34-22)19(14-6-12-18(13-7-14)29(32)33)27-28(21(23)31)17-4-2-1-3-5-17/h1-13H,(H,25,26,30). The Bertz CT molecular complexity index is 1380. The molecule has 2 aliphatic heterocycles. The molecule has 1 saturated heterocycles. The van der Waals surface area contributed by atoms with Crippen molar-refractivity contribution in [1.82, 2.24) is 5.32 Å². The van der Waals surface area contributed by atoms with Gasteiger partial charge in [0.25, 0.3) is 17.5 Å². The maximum Gasteiger partial charge on any atom is 0.280 e. The van der Waals surface area contributed by atoms with Crippen molar-refractivity contribution >= 4 is 63.1 Å². The van der Waals surface area contributed by atoms with Crippen LogP contribution in [0.4, 0.5) is 17.1 Å². The van der Waals surface area contributed by atoms with E-state index in [1.165, 1.54) is 29.3 Å². The molecule has 3 aromatic carbocycles. The zero-order valence-electron chi connectivity index (χ0n) is 17.2. The lowest BCUT2D eigenvalue weighted by Gasteiger charge is -2.19. The highest BCUT2D eigenvalue weighted by Gasteiger charge is 2.63. The Hall–Kier alpha value is -4.02. The summed E-state index contributed by atoms with van der Waals surface area (Å²) in [5.41, 5.74) is 1.49. The van der Waals surface area contributed by atoms with E-state index in [1.807, 2.05) is 0 Å². The highest BCUT2D eigenvalue weighted by molar-refractivity contribution is 8.17. The van der Waals surface area contributed by atoms with Gasteiger partial charge in [-0.3, -0.25) is 19.7 Å². The molecule has 1 N–H and O–H groups in total. The molecule has 0 aromatic heterocycles. The summed E-state index contributed by atoms with van der Waals surface area (Å²) in [6.45, 7) is 0. The van der Waals surface area contributed by atoms with Crippen LogP contribution in [0.5, 0.6) is 0 Å². The van der Waals surface area contributed by atoms with E-state index in [0.717, 1.165) is 11.8 Å². The Balaban J connectivity index is 1.60. The normalized spacial score (nSPS) is 20.7. The predicted octanol–water partition coefficient (Wildman–Crippen LogP) is 4.29. The summed E-state index contributed by atoms with van der Waals surface area (Å²) >= 11 is 6.88. The summed E-state index contributed by atoms with van der Waals surface area (Å²) in [5.74, 6) is -1.15. The molecule has 3 aromatic rings. The van der Waals surface area contributed by atoms with Crippen LogP contribution in [0.25, 0.3) is 0 Å². The number of benzene rings is 3. The van der Waals surface area contributed by atoms with Crippen LogP contribution < -0.4 is 10.3 Å². The van der Waals surface area contributed by atoms with Crippen LogP contribution in [0.2, 0.25) is 5.02 Å². The van der Waals surface area contributed by atoms with Gasteiger partial charge in [0.05, 0.1) is 16.3 Å². The van der Waals surface area contributed by atoms with Crippen molar-refractivity contribution in [2.75, 3.05) is 5.01 Å². The Morgan fingerprint density at radius 2 is 1.68 bits per heavy atom. The first-order valence-electron chi connectivity index (χ1n) is 9.97. The number of rotatable bonds is 4. The van der Waals surface area contributed by atoms with E-state index in [0.29, 0.717) is 22.0 Å². The average Bonchev–Trinajstić information content (AvgIpc) is 3.32. The number of nitrogens with one attached hydrogen (secondary N) is 1. The Morgan fingerprint density at radius 1 is 1.00 bits per heavy atom. The molecular weight excluding hydrogens is 478 g/mol. The second kappa shape index (κ2) is 8.40. The highest BCUT2D eigenvalue weighted by Crippen LogP contribution is 2.43. The van der Waals surface area contributed by atoms with Gasteiger partial charge >= 0.3 is 0 Å². The quantitative estimate of drug-likeness (QED) is 0.332. The Morgan fingerprint density at radius 3 is 2.32 bits per heavy atom. The second-order valence-corrected chi connectivity index (χ2v) is 8.98. The molecule has 2 amide bonds. The fourth-order valence-electron chi connectivity index (χ4n) is 3.59. The fraction of sp³-hybridized carbons (Fsp3) is 0.0435.